The van der Waals surface area contributed by atoms with Crippen LogP contribution in [-0.4, -0.2) is 18.4 Å². The zero-order valence-corrected chi connectivity index (χ0v) is 8.91. The second-order valence-electron chi connectivity index (χ2n) is 3.86. The maximum absolute atomic E-state index is 11.5. The molecule has 0 aromatic carbocycles. The van der Waals surface area contributed by atoms with Gasteiger partial charge in [0.15, 0.2) is 0 Å². The standard InChI is InChI=1S/C11H18O3/c1-3-14-11(13)8(2)9-6-4-5-7-10(9)12/h8-9H,3-7H2,1-2H3. The van der Waals surface area contributed by atoms with Gasteiger partial charge in [-0.2, -0.15) is 0 Å². The molecule has 0 saturated heterocycles. The lowest BCUT2D eigenvalue weighted by Crippen LogP contribution is -2.31. The number of esters is 1. The molecule has 3 nitrogen and oxygen atoms in total. The molecule has 0 heterocycles. The van der Waals surface area contributed by atoms with E-state index in [1.807, 2.05) is 0 Å². The van der Waals surface area contributed by atoms with E-state index in [2.05, 4.69) is 0 Å². The van der Waals surface area contributed by atoms with Crippen LogP contribution in [0.5, 0.6) is 0 Å². The molecule has 0 aromatic rings. The predicted octanol–water partition coefficient (Wildman–Crippen LogP) is 1.94. The first-order valence-corrected chi connectivity index (χ1v) is 5.36. The van der Waals surface area contributed by atoms with Gasteiger partial charge in [0.25, 0.3) is 0 Å². The van der Waals surface area contributed by atoms with E-state index in [-0.39, 0.29) is 23.6 Å². The Balaban J connectivity index is 2.53. The molecule has 1 aliphatic rings. The molecule has 80 valence electrons. The Morgan fingerprint density at radius 3 is 2.86 bits per heavy atom. The minimum absolute atomic E-state index is 0.0946. The van der Waals surface area contributed by atoms with Crippen LogP contribution in [0, 0.1) is 11.8 Å². The predicted molar refractivity (Wildman–Crippen MR) is 52.8 cm³/mol. The highest BCUT2D eigenvalue weighted by molar-refractivity contribution is 5.87. The first-order chi connectivity index (χ1) is 6.66. The van der Waals surface area contributed by atoms with E-state index >= 15 is 0 Å². The molecule has 0 bridgehead atoms. The number of carbonyl (C=O) groups is 2. The Morgan fingerprint density at radius 1 is 1.57 bits per heavy atom. The van der Waals surface area contributed by atoms with Gasteiger partial charge >= 0.3 is 5.97 Å². The quantitative estimate of drug-likeness (QED) is 0.651. The average molecular weight is 198 g/mol. The van der Waals surface area contributed by atoms with E-state index in [4.69, 9.17) is 4.74 Å². The maximum atomic E-state index is 11.5. The van der Waals surface area contributed by atoms with Gasteiger partial charge in [0.2, 0.25) is 0 Å². The largest absolute Gasteiger partial charge is 0.466 e. The monoisotopic (exact) mass is 198 g/mol. The number of ketones is 1. The van der Waals surface area contributed by atoms with Crippen molar-refractivity contribution in [1.29, 1.82) is 0 Å². The van der Waals surface area contributed by atoms with Crippen molar-refractivity contribution in [3.05, 3.63) is 0 Å². The van der Waals surface area contributed by atoms with Crippen molar-refractivity contribution >= 4 is 11.8 Å². The highest BCUT2D eigenvalue weighted by Gasteiger charge is 2.32. The minimum Gasteiger partial charge on any atom is -0.466 e. The molecule has 2 atom stereocenters. The smallest absolute Gasteiger partial charge is 0.309 e. The van der Waals surface area contributed by atoms with E-state index in [9.17, 15) is 9.59 Å². The number of rotatable bonds is 3. The van der Waals surface area contributed by atoms with Crippen LogP contribution in [0.4, 0.5) is 0 Å². The molecule has 0 spiro atoms. The van der Waals surface area contributed by atoms with Crippen LogP contribution in [-0.2, 0) is 14.3 Å². The lowest BCUT2D eigenvalue weighted by Gasteiger charge is -2.24. The minimum atomic E-state index is -0.261. The van der Waals surface area contributed by atoms with E-state index < -0.39 is 0 Å². The molecule has 1 aliphatic carbocycles. The van der Waals surface area contributed by atoms with Gasteiger partial charge in [-0.3, -0.25) is 9.59 Å². The van der Waals surface area contributed by atoms with Gasteiger partial charge in [-0.25, -0.2) is 0 Å². The third-order valence-corrected chi connectivity index (χ3v) is 2.86. The average Bonchev–Trinajstić information content (AvgIpc) is 2.18. The number of ether oxygens (including phenoxy) is 1. The fourth-order valence-corrected chi connectivity index (χ4v) is 1.98. The van der Waals surface area contributed by atoms with E-state index in [1.165, 1.54) is 0 Å². The van der Waals surface area contributed by atoms with Gasteiger partial charge in [0.05, 0.1) is 12.5 Å². The SMILES string of the molecule is CCOC(=O)C(C)C1CCCCC1=O. The van der Waals surface area contributed by atoms with Crippen LogP contribution >= 0.6 is 0 Å². The van der Waals surface area contributed by atoms with Crippen LogP contribution in [0.25, 0.3) is 0 Å². The van der Waals surface area contributed by atoms with Gasteiger partial charge < -0.3 is 4.74 Å². The van der Waals surface area contributed by atoms with Gasteiger partial charge in [-0.1, -0.05) is 13.3 Å². The third-order valence-electron chi connectivity index (χ3n) is 2.86. The molecule has 1 saturated carbocycles. The Morgan fingerprint density at radius 2 is 2.29 bits per heavy atom. The lowest BCUT2D eigenvalue weighted by molar-refractivity contribution is -0.152. The molecular formula is C11H18O3. The summed E-state index contributed by atoms with van der Waals surface area (Å²) in [5.74, 6) is -0.352. The summed E-state index contributed by atoms with van der Waals surface area (Å²) in [5, 5.41) is 0. The summed E-state index contributed by atoms with van der Waals surface area (Å²) in [7, 11) is 0. The summed E-state index contributed by atoms with van der Waals surface area (Å²) < 4.78 is 4.91. The summed E-state index contributed by atoms with van der Waals surface area (Å²) in [5.41, 5.74) is 0. The molecule has 0 amide bonds. The first kappa shape index (κ1) is 11.2. The van der Waals surface area contributed by atoms with E-state index in [0.717, 1.165) is 19.3 Å². The van der Waals surface area contributed by atoms with Crippen molar-refractivity contribution in [2.45, 2.75) is 39.5 Å². The van der Waals surface area contributed by atoms with Crippen molar-refractivity contribution in [1.82, 2.24) is 0 Å². The van der Waals surface area contributed by atoms with Crippen LogP contribution < -0.4 is 0 Å². The summed E-state index contributed by atoms with van der Waals surface area (Å²) in [6.07, 6.45) is 3.51. The second kappa shape index (κ2) is 5.13. The molecule has 2 unspecified atom stereocenters. The van der Waals surface area contributed by atoms with Crippen LogP contribution in [0.3, 0.4) is 0 Å². The maximum Gasteiger partial charge on any atom is 0.309 e. The molecular weight excluding hydrogens is 180 g/mol. The fourth-order valence-electron chi connectivity index (χ4n) is 1.98. The topological polar surface area (TPSA) is 43.4 Å². The van der Waals surface area contributed by atoms with Gasteiger partial charge in [0.1, 0.15) is 5.78 Å². The number of Topliss-reactive ketones (excluding diaryl/α,β-unsaturated/α-hetero) is 1. The summed E-state index contributed by atoms with van der Waals surface area (Å²) >= 11 is 0. The summed E-state index contributed by atoms with van der Waals surface area (Å²) in [6.45, 7) is 3.98. The molecule has 0 aliphatic heterocycles. The molecule has 0 N–H and O–H groups in total. The third kappa shape index (κ3) is 2.56. The number of hydrogen-bond acceptors (Lipinski definition) is 3. The molecule has 3 heteroatoms. The second-order valence-corrected chi connectivity index (χ2v) is 3.86. The van der Waals surface area contributed by atoms with Crippen molar-refractivity contribution in [3.8, 4) is 0 Å². The Kier molecular flexibility index (Phi) is 4.11. The fraction of sp³-hybridized carbons (Fsp3) is 0.818. The zero-order chi connectivity index (χ0) is 10.6. The normalized spacial score (nSPS) is 24.4. The Hall–Kier alpha value is -0.860. The van der Waals surface area contributed by atoms with Gasteiger partial charge in [-0.15, -0.1) is 0 Å². The number of carbonyl (C=O) groups excluding carboxylic acids is 2. The highest BCUT2D eigenvalue weighted by atomic mass is 16.5. The van der Waals surface area contributed by atoms with Crippen molar-refractivity contribution in [2.75, 3.05) is 6.61 Å². The summed E-state index contributed by atoms with van der Waals surface area (Å²) in [4.78, 5) is 23.0. The Labute approximate surface area is 84.8 Å². The van der Waals surface area contributed by atoms with Gasteiger partial charge in [0, 0.05) is 12.3 Å². The lowest BCUT2D eigenvalue weighted by atomic mass is 9.80. The molecule has 1 fully saturated rings. The number of hydrogen-bond donors (Lipinski definition) is 0. The van der Waals surface area contributed by atoms with Crippen LogP contribution in [0.2, 0.25) is 0 Å². The van der Waals surface area contributed by atoms with Crippen molar-refractivity contribution < 1.29 is 14.3 Å². The van der Waals surface area contributed by atoms with Gasteiger partial charge in [-0.05, 0) is 19.8 Å². The van der Waals surface area contributed by atoms with Crippen molar-refractivity contribution in [3.63, 3.8) is 0 Å². The van der Waals surface area contributed by atoms with Crippen LogP contribution in [0.1, 0.15) is 39.5 Å². The first-order valence-electron chi connectivity index (χ1n) is 5.36. The summed E-state index contributed by atoms with van der Waals surface area (Å²) in [6, 6.07) is 0. The molecule has 14 heavy (non-hydrogen) atoms. The molecule has 1 rings (SSSR count). The highest BCUT2D eigenvalue weighted by Crippen LogP contribution is 2.27. The zero-order valence-electron chi connectivity index (χ0n) is 8.91. The van der Waals surface area contributed by atoms with E-state index in [1.54, 1.807) is 13.8 Å². The van der Waals surface area contributed by atoms with Crippen molar-refractivity contribution in [2.24, 2.45) is 11.8 Å². The van der Waals surface area contributed by atoms with E-state index in [0.29, 0.717) is 13.0 Å². The van der Waals surface area contributed by atoms with Crippen LogP contribution in [0.15, 0.2) is 0 Å². The Bertz CT molecular complexity index is 223. The molecule has 0 radical (unpaired) electrons. The molecule has 0 aromatic heterocycles.